The van der Waals surface area contributed by atoms with Gasteiger partial charge in [0.15, 0.2) is 24.7 Å². The highest BCUT2D eigenvalue weighted by Crippen LogP contribution is 2.27. The summed E-state index contributed by atoms with van der Waals surface area (Å²) in [5.41, 5.74) is 0. The smallest absolute Gasteiger partial charge is 0.303 e. The van der Waals surface area contributed by atoms with Gasteiger partial charge in [0.1, 0.15) is 12.7 Å². The van der Waals surface area contributed by atoms with Gasteiger partial charge in [-0.2, -0.15) is 0 Å². The minimum atomic E-state index is -1.94. The average molecular weight is 308 g/mol. The highest BCUT2D eigenvalue weighted by atomic mass is 19.1. The van der Waals surface area contributed by atoms with E-state index in [4.69, 9.17) is 14.2 Å². The summed E-state index contributed by atoms with van der Waals surface area (Å²) < 4.78 is 33.3. The third-order valence-electron chi connectivity index (χ3n) is 2.64. The Morgan fingerprint density at radius 3 is 2.05 bits per heavy atom. The van der Waals surface area contributed by atoms with Crippen LogP contribution < -0.4 is 0 Å². The number of carbonyl (C=O) groups excluding carboxylic acids is 3. The Bertz CT molecular complexity index is 412. The molecule has 3 unspecified atom stereocenters. The Labute approximate surface area is 120 Å². The van der Waals surface area contributed by atoms with Gasteiger partial charge in [-0.05, 0) is 0 Å². The molecule has 120 valence electrons. The first-order valence-electron chi connectivity index (χ1n) is 6.17. The lowest BCUT2D eigenvalue weighted by Crippen LogP contribution is -2.59. The summed E-state index contributed by atoms with van der Waals surface area (Å²) in [5, 5.41) is 9.76. The van der Waals surface area contributed by atoms with E-state index in [1.165, 1.54) is 0 Å². The van der Waals surface area contributed by atoms with Crippen molar-refractivity contribution >= 4 is 17.9 Å². The molecule has 1 heterocycles. The number of rotatable bonds is 4. The van der Waals surface area contributed by atoms with Gasteiger partial charge >= 0.3 is 17.9 Å². The predicted octanol–water partition coefficient (Wildman–Crippen LogP) is -0.532. The fraction of sp³-hybridized carbons (Fsp3) is 0.750. The van der Waals surface area contributed by atoms with Crippen LogP contribution in [0.5, 0.6) is 0 Å². The summed E-state index contributed by atoms with van der Waals surface area (Å²) in [6, 6.07) is 0. The highest BCUT2D eigenvalue weighted by molar-refractivity contribution is 5.67. The number of alkyl halides is 1. The van der Waals surface area contributed by atoms with Crippen LogP contribution in [0.1, 0.15) is 20.8 Å². The molecule has 0 aliphatic carbocycles. The minimum absolute atomic E-state index is 0.474. The van der Waals surface area contributed by atoms with Gasteiger partial charge in [-0.3, -0.25) is 14.4 Å². The van der Waals surface area contributed by atoms with E-state index in [0.717, 1.165) is 20.8 Å². The van der Waals surface area contributed by atoms with Crippen LogP contribution in [0.25, 0.3) is 0 Å². The van der Waals surface area contributed by atoms with E-state index in [9.17, 15) is 23.9 Å². The first kappa shape index (κ1) is 17.3. The minimum Gasteiger partial charge on any atom is -0.463 e. The fourth-order valence-corrected chi connectivity index (χ4v) is 1.86. The van der Waals surface area contributed by atoms with E-state index >= 15 is 0 Å². The van der Waals surface area contributed by atoms with Crippen LogP contribution >= 0.6 is 0 Å². The van der Waals surface area contributed by atoms with Gasteiger partial charge in [0.2, 0.25) is 0 Å². The standard InChI is InChI=1S/C12H17FO8/c1-5(14)18-4-8-9(13)10(19-6(2)15)11(12(17)21-8)20-7(3)16/h8-12,17H,4H2,1-3H3/t8?,9-,10?,11?,12-/m0/s1. The second-order valence-electron chi connectivity index (χ2n) is 4.46. The Kier molecular flexibility index (Phi) is 6.03. The van der Waals surface area contributed by atoms with Crippen molar-refractivity contribution in [1.82, 2.24) is 0 Å². The molecule has 1 rings (SSSR count). The number of carbonyl (C=O) groups is 3. The predicted molar refractivity (Wildman–Crippen MR) is 63.5 cm³/mol. The topological polar surface area (TPSA) is 108 Å². The van der Waals surface area contributed by atoms with Gasteiger partial charge in [0, 0.05) is 20.8 Å². The van der Waals surface area contributed by atoms with Crippen LogP contribution in [0.4, 0.5) is 4.39 Å². The summed E-state index contributed by atoms with van der Waals surface area (Å²) in [6.45, 7) is 2.74. The van der Waals surface area contributed by atoms with Crippen LogP contribution in [0.15, 0.2) is 0 Å². The summed E-state index contributed by atoms with van der Waals surface area (Å²) in [6.07, 6.45) is -8.07. The number of esters is 3. The van der Waals surface area contributed by atoms with Crippen molar-refractivity contribution in [3.8, 4) is 0 Å². The maximum atomic E-state index is 14.3. The number of ether oxygens (including phenoxy) is 4. The van der Waals surface area contributed by atoms with Gasteiger partial charge in [-0.25, -0.2) is 4.39 Å². The number of aliphatic hydroxyl groups is 1. The first-order chi connectivity index (χ1) is 9.72. The molecule has 1 aliphatic heterocycles. The summed E-state index contributed by atoms with van der Waals surface area (Å²) in [7, 11) is 0. The summed E-state index contributed by atoms with van der Waals surface area (Å²) in [5.74, 6) is -2.28. The van der Waals surface area contributed by atoms with Gasteiger partial charge in [0.25, 0.3) is 0 Å². The molecule has 1 fully saturated rings. The second-order valence-corrected chi connectivity index (χ2v) is 4.46. The van der Waals surface area contributed by atoms with E-state index in [0.29, 0.717) is 0 Å². The molecule has 0 aromatic heterocycles. The monoisotopic (exact) mass is 308 g/mol. The molecule has 8 nitrogen and oxygen atoms in total. The second kappa shape index (κ2) is 7.32. The van der Waals surface area contributed by atoms with Gasteiger partial charge in [0.05, 0.1) is 0 Å². The number of hydrogen-bond donors (Lipinski definition) is 1. The molecule has 21 heavy (non-hydrogen) atoms. The molecule has 0 aromatic carbocycles. The Hall–Kier alpha value is -1.74. The Morgan fingerprint density at radius 1 is 1.05 bits per heavy atom. The van der Waals surface area contributed by atoms with E-state index < -0.39 is 55.3 Å². The third kappa shape index (κ3) is 4.94. The lowest BCUT2D eigenvalue weighted by Gasteiger charge is -2.39. The molecule has 0 radical (unpaired) electrons. The van der Waals surface area contributed by atoms with Crippen LogP contribution in [-0.4, -0.2) is 60.4 Å². The molecule has 0 amide bonds. The zero-order valence-corrected chi connectivity index (χ0v) is 11.8. The van der Waals surface area contributed by atoms with Crippen molar-refractivity contribution < 1.29 is 42.8 Å². The molecule has 0 spiro atoms. The number of hydrogen-bond acceptors (Lipinski definition) is 8. The van der Waals surface area contributed by atoms with Crippen LogP contribution in [0.2, 0.25) is 0 Å². The SMILES string of the molecule is CC(=O)OCC1O[C@H](O)C(OC(C)=O)C(OC(C)=O)[C@H]1F. The molecule has 0 saturated carbocycles. The van der Waals surface area contributed by atoms with Crippen molar-refractivity contribution in [3.05, 3.63) is 0 Å². The van der Waals surface area contributed by atoms with Crippen molar-refractivity contribution in [2.75, 3.05) is 6.61 Å². The number of aliphatic hydroxyl groups excluding tert-OH is 1. The normalized spacial score (nSPS) is 32.1. The maximum absolute atomic E-state index is 14.3. The van der Waals surface area contributed by atoms with Gasteiger partial charge < -0.3 is 24.1 Å². The molecule has 1 N–H and O–H groups in total. The Balaban J connectivity index is 2.87. The van der Waals surface area contributed by atoms with Gasteiger partial charge in [-0.15, -0.1) is 0 Å². The van der Waals surface area contributed by atoms with E-state index in [2.05, 4.69) is 4.74 Å². The Morgan fingerprint density at radius 2 is 1.57 bits per heavy atom. The van der Waals surface area contributed by atoms with E-state index in [1.807, 2.05) is 0 Å². The maximum Gasteiger partial charge on any atom is 0.303 e. The zero-order valence-electron chi connectivity index (χ0n) is 11.8. The van der Waals surface area contributed by atoms with Crippen molar-refractivity contribution in [2.45, 2.75) is 51.5 Å². The molecule has 0 aromatic rings. The molecule has 5 atom stereocenters. The molecule has 0 bridgehead atoms. The van der Waals surface area contributed by atoms with E-state index in [-0.39, 0.29) is 0 Å². The summed E-state index contributed by atoms with van der Waals surface area (Å²) >= 11 is 0. The first-order valence-corrected chi connectivity index (χ1v) is 6.17. The fourth-order valence-electron chi connectivity index (χ4n) is 1.86. The highest BCUT2D eigenvalue weighted by Gasteiger charge is 2.50. The molecule has 1 aliphatic rings. The molecule has 9 heteroatoms. The van der Waals surface area contributed by atoms with Crippen LogP contribution in [-0.2, 0) is 33.3 Å². The largest absolute Gasteiger partial charge is 0.463 e. The average Bonchev–Trinajstić information content (AvgIpc) is 2.35. The lowest BCUT2D eigenvalue weighted by atomic mass is 10.00. The van der Waals surface area contributed by atoms with Crippen LogP contribution in [0.3, 0.4) is 0 Å². The lowest BCUT2D eigenvalue weighted by molar-refractivity contribution is -0.283. The van der Waals surface area contributed by atoms with Crippen molar-refractivity contribution in [1.29, 1.82) is 0 Å². The van der Waals surface area contributed by atoms with Crippen molar-refractivity contribution in [2.24, 2.45) is 0 Å². The number of halogens is 1. The quantitative estimate of drug-likeness (QED) is 0.545. The van der Waals surface area contributed by atoms with Crippen LogP contribution in [0, 0.1) is 0 Å². The van der Waals surface area contributed by atoms with Crippen molar-refractivity contribution in [3.63, 3.8) is 0 Å². The molecular weight excluding hydrogens is 291 g/mol. The van der Waals surface area contributed by atoms with E-state index in [1.54, 1.807) is 0 Å². The van der Waals surface area contributed by atoms with Gasteiger partial charge in [-0.1, -0.05) is 0 Å². The zero-order chi connectivity index (χ0) is 16.2. The third-order valence-corrected chi connectivity index (χ3v) is 2.64. The molecular formula is C12H17FO8. The molecule has 1 saturated heterocycles. The summed E-state index contributed by atoms with van der Waals surface area (Å²) in [4.78, 5) is 32.7.